The number of fused-ring (bicyclic) bond motifs is 8. The van der Waals surface area contributed by atoms with Crippen LogP contribution in [0.1, 0.15) is 46.5 Å². The predicted octanol–water partition coefficient (Wildman–Crippen LogP) is 4.33. The minimum absolute atomic E-state index is 0.0115. The molecule has 198 valence electrons. The summed E-state index contributed by atoms with van der Waals surface area (Å²) in [6.45, 7) is 6.12. The summed E-state index contributed by atoms with van der Waals surface area (Å²) in [6.07, 6.45) is 9.01. The summed E-state index contributed by atoms with van der Waals surface area (Å²) in [5.74, 6) is 1.05. The Morgan fingerprint density at radius 3 is 2.97 bits per heavy atom. The number of Topliss-reactive ketones (excluding diaryl/α,β-unsaturated/α-hetero) is 1. The van der Waals surface area contributed by atoms with E-state index in [1.807, 2.05) is 13.0 Å². The molecule has 0 radical (unpaired) electrons. The van der Waals surface area contributed by atoms with Crippen LogP contribution in [-0.4, -0.2) is 56.0 Å². The van der Waals surface area contributed by atoms with Crippen LogP contribution in [0.25, 0.3) is 11.2 Å². The molecule has 8 nitrogen and oxygen atoms in total. The number of nitrogens with zero attached hydrogens (tertiary/aromatic N) is 3. The van der Waals surface area contributed by atoms with Gasteiger partial charge >= 0.3 is 0 Å². The van der Waals surface area contributed by atoms with Gasteiger partial charge in [0.2, 0.25) is 0 Å². The molecule has 3 saturated carbocycles. The van der Waals surface area contributed by atoms with Gasteiger partial charge in [0.25, 0.3) is 5.22 Å². The van der Waals surface area contributed by atoms with E-state index in [1.54, 1.807) is 30.5 Å². The number of oxazole rings is 1. The molecule has 0 aromatic carbocycles. The molecular weight excluding hydrogens is 502 g/mol. The number of carbonyl (C=O) groups excluding carboxylic acids is 2. The Bertz CT molecular complexity index is 1430. The summed E-state index contributed by atoms with van der Waals surface area (Å²) in [5.41, 5.74) is 0.255. The number of pyridine rings is 1. The average Bonchev–Trinajstić information content (AvgIpc) is 3.51. The summed E-state index contributed by atoms with van der Waals surface area (Å²) in [5, 5.41) is 12.2. The van der Waals surface area contributed by atoms with Crippen molar-refractivity contribution in [2.75, 3.05) is 5.75 Å². The van der Waals surface area contributed by atoms with Gasteiger partial charge in [0, 0.05) is 29.9 Å². The molecule has 1 aliphatic heterocycles. The highest BCUT2D eigenvalue weighted by molar-refractivity contribution is 7.99. The van der Waals surface area contributed by atoms with Gasteiger partial charge in [-0.15, -0.1) is 0 Å². The fraction of sp³-hybridized carbons (Fsp3) is 0.552. The Kier molecular flexibility index (Phi) is 5.18. The van der Waals surface area contributed by atoms with Gasteiger partial charge < -0.3 is 14.3 Å². The highest BCUT2D eigenvalue weighted by Crippen LogP contribution is 2.69. The second kappa shape index (κ2) is 8.11. The molecule has 8 atom stereocenters. The first-order valence-electron chi connectivity index (χ1n) is 13.4. The molecule has 0 bridgehead atoms. The van der Waals surface area contributed by atoms with Gasteiger partial charge in [-0.2, -0.15) is 4.98 Å². The van der Waals surface area contributed by atoms with Crippen LogP contribution in [0, 0.1) is 28.6 Å². The fourth-order valence-corrected chi connectivity index (χ4v) is 9.51. The van der Waals surface area contributed by atoms with E-state index in [-0.39, 0.29) is 46.6 Å². The van der Waals surface area contributed by atoms with Crippen LogP contribution >= 0.6 is 11.8 Å². The molecule has 7 rings (SSSR count). The number of hydrogen-bond donors (Lipinski definition) is 1. The first-order chi connectivity index (χ1) is 18.2. The predicted molar refractivity (Wildman–Crippen MR) is 142 cm³/mol. The van der Waals surface area contributed by atoms with Gasteiger partial charge in [0.15, 0.2) is 34.2 Å². The quantitative estimate of drug-likeness (QED) is 0.578. The van der Waals surface area contributed by atoms with Gasteiger partial charge in [-0.25, -0.2) is 9.98 Å². The van der Waals surface area contributed by atoms with Crippen molar-refractivity contribution < 1.29 is 23.8 Å². The van der Waals surface area contributed by atoms with E-state index in [2.05, 4.69) is 23.8 Å². The molecule has 2 aromatic rings. The minimum Gasteiger partial charge on any atom is -0.475 e. The molecule has 3 heterocycles. The van der Waals surface area contributed by atoms with Gasteiger partial charge in [0.1, 0.15) is 6.10 Å². The molecule has 4 aliphatic carbocycles. The van der Waals surface area contributed by atoms with Gasteiger partial charge in [-0.3, -0.25) is 9.59 Å². The van der Waals surface area contributed by atoms with Crippen molar-refractivity contribution in [3.05, 3.63) is 42.1 Å². The number of thioether (sulfide) groups is 1. The van der Waals surface area contributed by atoms with Crippen molar-refractivity contribution >= 4 is 40.5 Å². The maximum absolute atomic E-state index is 14.2. The Morgan fingerprint density at radius 1 is 1.32 bits per heavy atom. The maximum Gasteiger partial charge on any atom is 0.258 e. The lowest BCUT2D eigenvalue weighted by Crippen LogP contribution is -2.62. The van der Waals surface area contributed by atoms with Crippen LogP contribution in [0.2, 0.25) is 0 Å². The molecule has 0 saturated heterocycles. The molecule has 0 spiro atoms. The SMILES string of the molecule is CC1=N[C@]2(C(=O)CSc3nc4ncccc4o3)[C@@H](CC3C4CCC5=CC(=O)C=CC5(C)C4[C@@H](O)CC32C)O1. The lowest BCUT2D eigenvalue weighted by atomic mass is 9.46. The number of aliphatic hydroxyl groups is 1. The first-order valence-corrected chi connectivity index (χ1v) is 14.4. The molecular formula is C29H31N3O5S. The van der Waals surface area contributed by atoms with Crippen molar-refractivity contribution in [2.45, 2.75) is 69.4 Å². The number of rotatable bonds is 4. The monoisotopic (exact) mass is 533 g/mol. The molecule has 1 N–H and O–H groups in total. The van der Waals surface area contributed by atoms with Crippen molar-refractivity contribution in [1.82, 2.24) is 9.97 Å². The van der Waals surface area contributed by atoms with Gasteiger partial charge in [-0.1, -0.05) is 37.3 Å². The highest BCUT2D eigenvalue weighted by atomic mass is 32.2. The van der Waals surface area contributed by atoms with Crippen molar-refractivity contribution in [3.63, 3.8) is 0 Å². The van der Waals surface area contributed by atoms with Gasteiger partial charge in [-0.05, 0) is 61.8 Å². The summed E-state index contributed by atoms with van der Waals surface area (Å²) < 4.78 is 12.0. The van der Waals surface area contributed by atoms with E-state index < -0.39 is 17.1 Å². The third kappa shape index (κ3) is 3.11. The Morgan fingerprint density at radius 2 is 2.16 bits per heavy atom. The van der Waals surface area contributed by atoms with E-state index >= 15 is 0 Å². The Balaban J connectivity index is 1.22. The lowest BCUT2D eigenvalue weighted by molar-refractivity contribution is -0.141. The fourth-order valence-electron chi connectivity index (χ4n) is 8.74. The summed E-state index contributed by atoms with van der Waals surface area (Å²) in [7, 11) is 0. The third-order valence-electron chi connectivity index (χ3n) is 10.2. The molecule has 5 unspecified atom stereocenters. The van der Waals surface area contributed by atoms with E-state index in [9.17, 15) is 14.7 Å². The number of ketones is 2. The molecule has 0 amide bonds. The number of allylic oxidation sites excluding steroid dienone is 4. The van der Waals surface area contributed by atoms with Crippen LogP contribution < -0.4 is 0 Å². The van der Waals surface area contributed by atoms with Crippen LogP contribution in [0.15, 0.2) is 56.8 Å². The summed E-state index contributed by atoms with van der Waals surface area (Å²) in [4.78, 5) is 39.9. The van der Waals surface area contributed by atoms with Crippen LogP contribution in [0.5, 0.6) is 0 Å². The van der Waals surface area contributed by atoms with E-state index in [0.29, 0.717) is 28.8 Å². The Labute approximate surface area is 225 Å². The maximum atomic E-state index is 14.2. The van der Waals surface area contributed by atoms with E-state index in [4.69, 9.17) is 14.1 Å². The standard InChI is InChI=1S/C29H31N3O5S/c1-15-32-29(22(35)14-38-26-31-25-21(37-26)5-4-10-30-25)23(36-15)12-19-18-7-6-16-11-17(33)8-9-27(16,2)24(18)20(34)13-28(19,29)3/h4-5,8-11,18-20,23-24,34H,6-7,12-14H2,1-3H3/t18?,19?,20-,23+,24?,27?,28?,29+/m0/s1. The molecule has 9 heteroatoms. The smallest absolute Gasteiger partial charge is 0.258 e. The summed E-state index contributed by atoms with van der Waals surface area (Å²) in [6, 6.07) is 3.59. The highest BCUT2D eigenvalue weighted by Gasteiger charge is 2.74. The number of aliphatic hydroxyl groups excluding tert-OH is 1. The third-order valence-corrected chi connectivity index (χ3v) is 11.1. The number of aliphatic imine (C=N–C) groups is 1. The normalized spacial score (nSPS) is 41.1. The van der Waals surface area contributed by atoms with Crippen LogP contribution in [0.3, 0.4) is 0 Å². The zero-order chi connectivity index (χ0) is 26.4. The van der Waals surface area contributed by atoms with Gasteiger partial charge in [0.05, 0.1) is 11.9 Å². The second-order valence-electron chi connectivity index (χ2n) is 12.0. The number of carbonyl (C=O) groups is 2. The zero-order valence-corrected chi connectivity index (χ0v) is 22.5. The molecule has 3 fully saturated rings. The van der Waals surface area contributed by atoms with E-state index in [1.165, 1.54) is 11.8 Å². The number of ether oxygens (including phenoxy) is 1. The van der Waals surface area contributed by atoms with Crippen molar-refractivity contribution in [2.24, 2.45) is 33.6 Å². The van der Waals surface area contributed by atoms with E-state index in [0.717, 1.165) is 24.8 Å². The largest absolute Gasteiger partial charge is 0.475 e. The molecule has 2 aromatic heterocycles. The van der Waals surface area contributed by atoms with Crippen LogP contribution in [-0.2, 0) is 14.3 Å². The average molecular weight is 534 g/mol. The number of aromatic nitrogens is 2. The summed E-state index contributed by atoms with van der Waals surface area (Å²) >= 11 is 1.26. The van der Waals surface area contributed by atoms with Crippen molar-refractivity contribution in [1.29, 1.82) is 0 Å². The molecule has 5 aliphatic rings. The topological polar surface area (TPSA) is 115 Å². The zero-order valence-electron chi connectivity index (χ0n) is 21.7. The van der Waals surface area contributed by atoms with Crippen LogP contribution in [0.4, 0.5) is 0 Å². The minimum atomic E-state index is -1.06. The lowest BCUT2D eigenvalue weighted by Gasteiger charge is -2.59. The molecule has 38 heavy (non-hydrogen) atoms. The Hall–Kier alpha value is -2.78. The second-order valence-corrected chi connectivity index (χ2v) is 12.9. The number of hydrogen-bond acceptors (Lipinski definition) is 9. The van der Waals surface area contributed by atoms with Crippen molar-refractivity contribution in [3.8, 4) is 0 Å². The first kappa shape index (κ1) is 24.3.